The van der Waals surface area contributed by atoms with Gasteiger partial charge in [-0.25, -0.2) is 9.37 Å². The van der Waals surface area contributed by atoms with E-state index in [-0.39, 0.29) is 24.1 Å². The van der Waals surface area contributed by atoms with Gasteiger partial charge < -0.3 is 5.32 Å². The van der Waals surface area contributed by atoms with Crippen molar-refractivity contribution in [2.24, 2.45) is 0 Å². The van der Waals surface area contributed by atoms with E-state index >= 15 is 0 Å². The number of hydrogen-bond acceptors (Lipinski definition) is 3. The summed E-state index contributed by atoms with van der Waals surface area (Å²) < 4.78 is 15.5. The molecule has 2 heterocycles. The van der Waals surface area contributed by atoms with Gasteiger partial charge in [-0.1, -0.05) is 31.0 Å². The first-order chi connectivity index (χ1) is 13.1. The second-order valence-electron chi connectivity index (χ2n) is 6.91. The molecule has 27 heavy (non-hydrogen) atoms. The van der Waals surface area contributed by atoms with Gasteiger partial charge in [0.25, 0.3) is 11.5 Å². The van der Waals surface area contributed by atoms with E-state index in [1.54, 1.807) is 42.6 Å². The van der Waals surface area contributed by atoms with E-state index in [0.717, 1.165) is 25.7 Å². The van der Waals surface area contributed by atoms with Crippen molar-refractivity contribution in [2.75, 3.05) is 0 Å². The van der Waals surface area contributed by atoms with Crippen molar-refractivity contribution in [3.63, 3.8) is 0 Å². The third kappa shape index (κ3) is 3.47. The number of pyridine rings is 2. The van der Waals surface area contributed by atoms with Gasteiger partial charge in [0.2, 0.25) is 0 Å². The van der Waals surface area contributed by atoms with Crippen molar-refractivity contribution in [3.8, 4) is 0 Å². The minimum atomic E-state index is -0.458. The Kier molecular flexibility index (Phi) is 4.71. The molecule has 0 bridgehead atoms. The molecule has 138 valence electrons. The number of carbonyl (C=O) groups excluding carboxylic acids is 1. The minimum absolute atomic E-state index is 0.0174. The first kappa shape index (κ1) is 17.4. The van der Waals surface area contributed by atoms with Gasteiger partial charge in [0, 0.05) is 23.2 Å². The van der Waals surface area contributed by atoms with Crippen LogP contribution in [0.4, 0.5) is 4.39 Å². The maximum atomic E-state index is 14.1. The highest BCUT2D eigenvalue weighted by Crippen LogP contribution is 2.19. The fraction of sp³-hybridized carbons (Fsp3) is 0.286. The lowest BCUT2D eigenvalue weighted by atomic mass is 10.1. The molecule has 4 rings (SSSR count). The van der Waals surface area contributed by atoms with Crippen LogP contribution in [0.25, 0.3) is 11.0 Å². The van der Waals surface area contributed by atoms with Crippen LogP contribution in [-0.4, -0.2) is 21.5 Å². The molecule has 3 aromatic rings. The predicted octanol–water partition coefficient (Wildman–Crippen LogP) is 3.26. The second kappa shape index (κ2) is 7.31. The SMILES string of the molecule is O=C(NC1CCCC1)c1cc2cccnc2n(Cc2ccccc2F)c1=O. The van der Waals surface area contributed by atoms with Crippen molar-refractivity contribution in [2.45, 2.75) is 38.3 Å². The monoisotopic (exact) mass is 365 g/mol. The van der Waals surface area contributed by atoms with Gasteiger partial charge in [-0.3, -0.25) is 14.2 Å². The van der Waals surface area contributed by atoms with Gasteiger partial charge in [-0.05, 0) is 37.1 Å². The van der Waals surface area contributed by atoms with Crippen molar-refractivity contribution in [3.05, 3.63) is 76.0 Å². The Morgan fingerprint density at radius 2 is 1.96 bits per heavy atom. The standard InChI is InChI=1S/C21H20FN3O2/c22-18-10-4-1-6-15(18)13-25-19-14(7-5-11-23-19)12-17(21(25)27)20(26)24-16-8-2-3-9-16/h1,4-7,10-12,16H,2-3,8-9,13H2,(H,24,26). The normalized spacial score (nSPS) is 14.6. The van der Waals surface area contributed by atoms with E-state index in [4.69, 9.17) is 0 Å². The van der Waals surface area contributed by atoms with Gasteiger partial charge in [-0.2, -0.15) is 0 Å². The number of fused-ring (bicyclic) bond motifs is 1. The van der Waals surface area contributed by atoms with Crippen LogP contribution in [0, 0.1) is 5.82 Å². The predicted molar refractivity (Wildman–Crippen MR) is 101 cm³/mol. The maximum Gasteiger partial charge on any atom is 0.265 e. The van der Waals surface area contributed by atoms with Crippen LogP contribution in [0.3, 0.4) is 0 Å². The van der Waals surface area contributed by atoms with Gasteiger partial charge in [0.05, 0.1) is 6.54 Å². The van der Waals surface area contributed by atoms with Crippen molar-refractivity contribution < 1.29 is 9.18 Å². The Bertz CT molecular complexity index is 1050. The molecule has 1 aliphatic carbocycles. The molecule has 1 aromatic carbocycles. The van der Waals surface area contributed by atoms with Crippen LogP contribution in [0.2, 0.25) is 0 Å². The van der Waals surface area contributed by atoms with E-state index in [9.17, 15) is 14.0 Å². The van der Waals surface area contributed by atoms with E-state index in [2.05, 4.69) is 10.3 Å². The number of amides is 1. The number of carbonyl (C=O) groups is 1. The van der Waals surface area contributed by atoms with Crippen LogP contribution in [0.1, 0.15) is 41.6 Å². The van der Waals surface area contributed by atoms with Crippen LogP contribution in [-0.2, 0) is 6.54 Å². The molecule has 1 fully saturated rings. The molecule has 0 aliphatic heterocycles. The lowest BCUT2D eigenvalue weighted by Crippen LogP contribution is -2.38. The second-order valence-corrected chi connectivity index (χ2v) is 6.91. The fourth-order valence-corrected chi connectivity index (χ4v) is 3.65. The third-order valence-corrected chi connectivity index (χ3v) is 5.07. The number of benzene rings is 1. The lowest BCUT2D eigenvalue weighted by molar-refractivity contribution is 0.0936. The molecule has 0 atom stereocenters. The summed E-state index contributed by atoms with van der Waals surface area (Å²) in [4.78, 5) is 30.1. The smallest absolute Gasteiger partial charge is 0.265 e. The van der Waals surface area contributed by atoms with Crippen LogP contribution >= 0.6 is 0 Å². The number of nitrogens with one attached hydrogen (secondary N) is 1. The highest BCUT2D eigenvalue weighted by molar-refractivity contribution is 5.97. The zero-order chi connectivity index (χ0) is 18.8. The Morgan fingerprint density at radius 3 is 2.74 bits per heavy atom. The minimum Gasteiger partial charge on any atom is -0.349 e. The number of rotatable bonds is 4. The molecule has 0 saturated heterocycles. The average molecular weight is 365 g/mol. The van der Waals surface area contributed by atoms with Crippen molar-refractivity contribution in [1.82, 2.24) is 14.9 Å². The number of aromatic nitrogens is 2. The Hall–Kier alpha value is -3.02. The summed E-state index contributed by atoms with van der Waals surface area (Å²) in [6, 6.07) is 11.5. The van der Waals surface area contributed by atoms with Crippen LogP contribution in [0.5, 0.6) is 0 Å². The molecule has 5 nitrogen and oxygen atoms in total. The summed E-state index contributed by atoms with van der Waals surface area (Å²) in [6.45, 7) is 0.0174. The van der Waals surface area contributed by atoms with Crippen molar-refractivity contribution in [1.29, 1.82) is 0 Å². The molecule has 0 spiro atoms. The van der Waals surface area contributed by atoms with Crippen molar-refractivity contribution >= 4 is 16.9 Å². The molecular formula is C21H20FN3O2. The van der Waals surface area contributed by atoms with Crippen LogP contribution in [0.15, 0.2) is 53.5 Å². The third-order valence-electron chi connectivity index (χ3n) is 5.07. The first-order valence-corrected chi connectivity index (χ1v) is 9.16. The molecule has 1 aliphatic rings. The highest BCUT2D eigenvalue weighted by atomic mass is 19.1. The van der Waals surface area contributed by atoms with Gasteiger partial charge >= 0.3 is 0 Å². The Labute approximate surface area is 155 Å². The fourth-order valence-electron chi connectivity index (χ4n) is 3.65. The molecule has 2 aromatic heterocycles. The van der Waals surface area contributed by atoms with E-state index in [1.165, 1.54) is 10.6 Å². The lowest BCUT2D eigenvalue weighted by Gasteiger charge is -2.15. The topological polar surface area (TPSA) is 64.0 Å². The number of nitrogens with zero attached hydrogens (tertiary/aromatic N) is 2. The van der Waals surface area contributed by atoms with Gasteiger partial charge in [-0.15, -0.1) is 0 Å². The summed E-state index contributed by atoms with van der Waals surface area (Å²) in [5.74, 6) is -0.769. The van der Waals surface area contributed by atoms with Gasteiger partial charge in [0.1, 0.15) is 17.0 Å². The number of hydrogen-bond donors (Lipinski definition) is 1. The molecule has 1 N–H and O–H groups in total. The summed E-state index contributed by atoms with van der Waals surface area (Å²) in [5.41, 5.74) is 0.418. The molecular weight excluding hydrogens is 345 g/mol. The molecule has 1 saturated carbocycles. The Morgan fingerprint density at radius 1 is 1.19 bits per heavy atom. The summed E-state index contributed by atoms with van der Waals surface area (Å²) in [6.07, 6.45) is 5.63. The summed E-state index contributed by atoms with van der Waals surface area (Å²) >= 11 is 0. The molecule has 1 amide bonds. The first-order valence-electron chi connectivity index (χ1n) is 9.16. The van der Waals surface area contributed by atoms with E-state index in [0.29, 0.717) is 16.6 Å². The van der Waals surface area contributed by atoms with E-state index in [1.807, 2.05) is 0 Å². The largest absolute Gasteiger partial charge is 0.349 e. The van der Waals surface area contributed by atoms with E-state index < -0.39 is 11.4 Å². The quantitative estimate of drug-likeness (QED) is 0.772. The molecule has 0 radical (unpaired) electrons. The Balaban J connectivity index is 1.79. The summed E-state index contributed by atoms with van der Waals surface area (Å²) in [7, 11) is 0. The highest BCUT2D eigenvalue weighted by Gasteiger charge is 2.22. The van der Waals surface area contributed by atoms with Crippen LogP contribution < -0.4 is 10.9 Å². The number of halogens is 1. The molecule has 6 heteroatoms. The zero-order valence-corrected chi connectivity index (χ0v) is 14.8. The zero-order valence-electron chi connectivity index (χ0n) is 14.8. The summed E-state index contributed by atoms with van der Waals surface area (Å²) in [5, 5.41) is 3.63. The average Bonchev–Trinajstić information content (AvgIpc) is 3.18. The maximum absolute atomic E-state index is 14.1. The molecule has 0 unspecified atom stereocenters. The van der Waals surface area contributed by atoms with Gasteiger partial charge in [0.15, 0.2) is 0 Å².